The number of H-pyrrole nitrogens is 1. The summed E-state index contributed by atoms with van der Waals surface area (Å²) in [5.74, 6) is 0.174. The molecule has 0 saturated heterocycles. The van der Waals surface area contributed by atoms with Gasteiger partial charge < -0.3 is 11.1 Å². The first-order chi connectivity index (χ1) is 10.1. The molecule has 0 aliphatic carbocycles. The maximum Gasteiger partial charge on any atom is 0.275 e. The van der Waals surface area contributed by atoms with E-state index in [1.165, 1.54) is 0 Å². The van der Waals surface area contributed by atoms with Gasteiger partial charge in [-0.2, -0.15) is 5.10 Å². The number of aryl methyl sites for hydroxylation is 1. The third-order valence-electron chi connectivity index (χ3n) is 3.47. The second kappa shape index (κ2) is 4.90. The number of fused-ring (bicyclic) bond motifs is 1. The van der Waals surface area contributed by atoms with E-state index in [1.807, 2.05) is 38.1 Å². The molecule has 21 heavy (non-hydrogen) atoms. The summed E-state index contributed by atoms with van der Waals surface area (Å²) in [5.41, 5.74) is 9.28. The number of amides is 1. The van der Waals surface area contributed by atoms with Gasteiger partial charge in [-0.3, -0.25) is 9.89 Å². The molecule has 0 radical (unpaired) electrons. The van der Waals surface area contributed by atoms with Crippen LogP contribution < -0.4 is 11.1 Å². The maximum atomic E-state index is 12.3. The van der Waals surface area contributed by atoms with Crippen molar-refractivity contribution < 1.29 is 4.79 Å². The number of pyridine rings is 1. The van der Waals surface area contributed by atoms with Crippen molar-refractivity contribution >= 4 is 28.3 Å². The van der Waals surface area contributed by atoms with Gasteiger partial charge in [0.15, 0.2) is 5.82 Å². The van der Waals surface area contributed by atoms with E-state index >= 15 is 0 Å². The van der Waals surface area contributed by atoms with Crippen LogP contribution in [0.2, 0.25) is 0 Å². The van der Waals surface area contributed by atoms with Crippen molar-refractivity contribution in [2.45, 2.75) is 13.8 Å². The Labute approximate surface area is 121 Å². The van der Waals surface area contributed by atoms with E-state index in [0.717, 1.165) is 16.6 Å². The monoisotopic (exact) mass is 281 g/mol. The first-order valence-corrected chi connectivity index (χ1v) is 6.54. The van der Waals surface area contributed by atoms with Crippen LogP contribution in [-0.4, -0.2) is 21.1 Å². The number of rotatable bonds is 2. The molecule has 2 aromatic heterocycles. The lowest BCUT2D eigenvalue weighted by Crippen LogP contribution is -2.15. The Morgan fingerprint density at radius 2 is 2.05 bits per heavy atom. The highest BCUT2D eigenvalue weighted by molar-refractivity contribution is 6.05. The molecule has 2 heterocycles. The van der Waals surface area contributed by atoms with Crippen molar-refractivity contribution in [1.29, 1.82) is 0 Å². The molecule has 4 N–H and O–H groups in total. The average molecular weight is 281 g/mol. The van der Waals surface area contributed by atoms with Gasteiger partial charge in [0.1, 0.15) is 5.69 Å². The highest BCUT2D eigenvalue weighted by atomic mass is 16.1. The number of para-hydroxylation sites is 1. The van der Waals surface area contributed by atoms with Gasteiger partial charge in [-0.25, -0.2) is 4.98 Å². The van der Waals surface area contributed by atoms with Crippen LogP contribution >= 0.6 is 0 Å². The largest absolute Gasteiger partial charge is 0.398 e. The summed E-state index contributed by atoms with van der Waals surface area (Å²) in [6, 6.07) is 9.02. The van der Waals surface area contributed by atoms with Gasteiger partial charge >= 0.3 is 0 Å². The Hall–Kier alpha value is -2.89. The molecule has 6 nitrogen and oxygen atoms in total. The van der Waals surface area contributed by atoms with E-state index in [4.69, 9.17) is 5.73 Å². The second-order valence-corrected chi connectivity index (χ2v) is 4.89. The van der Waals surface area contributed by atoms with E-state index in [1.54, 1.807) is 6.07 Å². The Kier molecular flexibility index (Phi) is 3.06. The third-order valence-corrected chi connectivity index (χ3v) is 3.47. The highest BCUT2D eigenvalue weighted by Gasteiger charge is 2.14. The Morgan fingerprint density at radius 3 is 2.76 bits per heavy atom. The van der Waals surface area contributed by atoms with E-state index in [-0.39, 0.29) is 11.6 Å². The molecule has 0 unspecified atom stereocenters. The number of nitrogens with one attached hydrogen (secondary N) is 2. The van der Waals surface area contributed by atoms with E-state index < -0.39 is 0 Å². The van der Waals surface area contributed by atoms with Gasteiger partial charge in [-0.1, -0.05) is 18.2 Å². The molecule has 3 aromatic rings. The summed E-state index contributed by atoms with van der Waals surface area (Å²) >= 11 is 0. The van der Waals surface area contributed by atoms with Gasteiger partial charge in [-0.15, -0.1) is 0 Å². The minimum atomic E-state index is -0.331. The van der Waals surface area contributed by atoms with Crippen LogP contribution in [0.1, 0.15) is 21.7 Å². The predicted molar refractivity (Wildman–Crippen MR) is 82.2 cm³/mol. The maximum absolute atomic E-state index is 12.3. The second-order valence-electron chi connectivity index (χ2n) is 4.89. The topological polar surface area (TPSA) is 96.7 Å². The van der Waals surface area contributed by atoms with Crippen molar-refractivity contribution in [3.63, 3.8) is 0 Å². The Morgan fingerprint density at radius 1 is 1.29 bits per heavy atom. The fraction of sp³-hybridized carbons (Fsp3) is 0.133. The minimum Gasteiger partial charge on any atom is -0.398 e. The summed E-state index contributed by atoms with van der Waals surface area (Å²) < 4.78 is 0. The SMILES string of the molecule is Cc1[nH]nc(NC(=O)c2cc(N)c3ccccc3n2)c1C. The third kappa shape index (κ3) is 2.31. The van der Waals surface area contributed by atoms with Crippen LogP contribution in [0.4, 0.5) is 11.5 Å². The number of nitrogens with zero attached hydrogens (tertiary/aromatic N) is 2. The van der Waals surface area contributed by atoms with E-state index in [2.05, 4.69) is 20.5 Å². The highest BCUT2D eigenvalue weighted by Crippen LogP contribution is 2.21. The number of carbonyl (C=O) groups is 1. The number of aromatic nitrogens is 3. The quantitative estimate of drug-likeness (QED) is 0.672. The molecule has 0 bridgehead atoms. The van der Waals surface area contributed by atoms with Crippen molar-refractivity contribution in [1.82, 2.24) is 15.2 Å². The van der Waals surface area contributed by atoms with Gasteiger partial charge in [0.2, 0.25) is 0 Å². The lowest BCUT2D eigenvalue weighted by Gasteiger charge is -2.06. The number of nitrogen functional groups attached to an aromatic ring is 1. The lowest BCUT2D eigenvalue weighted by molar-refractivity contribution is 0.102. The molecule has 0 aliphatic rings. The normalized spacial score (nSPS) is 10.8. The summed E-state index contributed by atoms with van der Waals surface area (Å²) in [5, 5.41) is 10.4. The van der Waals surface area contributed by atoms with Crippen LogP contribution in [0.25, 0.3) is 10.9 Å². The van der Waals surface area contributed by atoms with Gasteiger partial charge in [0.25, 0.3) is 5.91 Å². The zero-order valence-electron chi connectivity index (χ0n) is 11.8. The fourth-order valence-corrected chi connectivity index (χ4v) is 2.10. The van der Waals surface area contributed by atoms with Gasteiger partial charge in [0.05, 0.1) is 5.52 Å². The van der Waals surface area contributed by atoms with Crippen molar-refractivity contribution in [3.05, 3.63) is 47.3 Å². The van der Waals surface area contributed by atoms with Crippen molar-refractivity contribution in [2.75, 3.05) is 11.1 Å². The smallest absolute Gasteiger partial charge is 0.275 e. The molecule has 1 aromatic carbocycles. The van der Waals surface area contributed by atoms with Crippen LogP contribution in [-0.2, 0) is 0 Å². The number of hydrogen-bond donors (Lipinski definition) is 3. The Bertz CT molecular complexity index is 837. The summed E-state index contributed by atoms with van der Waals surface area (Å²) in [7, 11) is 0. The molecule has 6 heteroatoms. The Balaban J connectivity index is 1.96. The molecule has 0 atom stereocenters. The number of nitrogens with two attached hydrogens (primary N) is 1. The summed E-state index contributed by atoms with van der Waals surface area (Å²) in [6.45, 7) is 3.78. The molecule has 1 amide bonds. The number of aromatic amines is 1. The number of hydrogen-bond acceptors (Lipinski definition) is 4. The predicted octanol–water partition coefficient (Wildman–Crippen LogP) is 2.41. The molecule has 0 spiro atoms. The van der Waals surface area contributed by atoms with E-state index in [0.29, 0.717) is 17.0 Å². The van der Waals surface area contributed by atoms with Crippen LogP contribution in [0.15, 0.2) is 30.3 Å². The van der Waals surface area contributed by atoms with Gasteiger partial charge in [-0.05, 0) is 26.0 Å². The first-order valence-electron chi connectivity index (χ1n) is 6.54. The molecular formula is C15H15N5O. The lowest BCUT2D eigenvalue weighted by atomic mass is 10.1. The van der Waals surface area contributed by atoms with Crippen molar-refractivity contribution in [3.8, 4) is 0 Å². The minimum absolute atomic E-state index is 0.270. The van der Waals surface area contributed by atoms with E-state index in [9.17, 15) is 4.79 Å². The standard InChI is InChI=1S/C15H15N5O/c1-8-9(2)19-20-14(8)18-15(21)13-7-11(16)10-5-3-4-6-12(10)17-13/h3-7H,1-2H3,(H2,16,17)(H2,18,19,20,21). The number of benzene rings is 1. The molecule has 0 saturated carbocycles. The average Bonchev–Trinajstić information content (AvgIpc) is 2.79. The summed E-state index contributed by atoms with van der Waals surface area (Å²) in [4.78, 5) is 16.6. The van der Waals surface area contributed by atoms with Crippen LogP contribution in [0.5, 0.6) is 0 Å². The molecule has 0 fully saturated rings. The molecule has 3 rings (SSSR count). The number of anilines is 2. The zero-order chi connectivity index (χ0) is 15.0. The summed E-state index contributed by atoms with van der Waals surface area (Å²) in [6.07, 6.45) is 0. The van der Waals surface area contributed by atoms with Crippen molar-refractivity contribution in [2.24, 2.45) is 0 Å². The number of carbonyl (C=O) groups excluding carboxylic acids is 1. The molecule has 106 valence electrons. The fourth-order valence-electron chi connectivity index (χ4n) is 2.10. The van der Waals surface area contributed by atoms with Crippen LogP contribution in [0, 0.1) is 13.8 Å². The molecular weight excluding hydrogens is 266 g/mol. The van der Waals surface area contributed by atoms with Crippen LogP contribution in [0.3, 0.4) is 0 Å². The zero-order valence-corrected chi connectivity index (χ0v) is 11.8. The molecule has 0 aliphatic heterocycles. The van der Waals surface area contributed by atoms with Gasteiger partial charge in [0, 0.05) is 22.3 Å². The first kappa shape index (κ1) is 13.1.